The Morgan fingerprint density at radius 3 is 2.79 bits per heavy atom. The van der Waals surface area contributed by atoms with E-state index < -0.39 is 24.0 Å². The molecule has 1 heterocycles. The summed E-state index contributed by atoms with van der Waals surface area (Å²) in [5.74, 6) is -1.46. The topological polar surface area (TPSA) is 96.2 Å². The Morgan fingerprint density at radius 2 is 2.43 bits per heavy atom. The van der Waals surface area contributed by atoms with E-state index in [-0.39, 0.29) is 6.61 Å². The molecular weight excluding hydrogens is 186 g/mol. The van der Waals surface area contributed by atoms with E-state index >= 15 is 0 Å². The fourth-order valence-electron chi connectivity index (χ4n) is 1.19. The summed E-state index contributed by atoms with van der Waals surface area (Å²) in [4.78, 5) is 23.6. The van der Waals surface area contributed by atoms with Gasteiger partial charge in [0.05, 0.1) is 12.7 Å². The second-order valence-electron chi connectivity index (χ2n) is 2.90. The molecule has 3 unspecified atom stereocenters. The number of carbonyl (C=O) groups is 2. The predicted octanol–water partition coefficient (Wildman–Crippen LogP) is -1.39. The van der Waals surface area contributed by atoms with Gasteiger partial charge in [0.1, 0.15) is 6.04 Å². The largest absolute Gasteiger partial charge is 0.464 e. The van der Waals surface area contributed by atoms with Crippen molar-refractivity contribution in [3.8, 4) is 6.07 Å². The van der Waals surface area contributed by atoms with Crippen molar-refractivity contribution in [3.05, 3.63) is 0 Å². The van der Waals surface area contributed by atoms with Gasteiger partial charge in [0.25, 0.3) is 0 Å². The molecule has 76 valence electrons. The molecule has 1 amide bonds. The Morgan fingerprint density at radius 1 is 1.79 bits per heavy atom. The number of ether oxygens (including phenoxy) is 1. The summed E-state index contributed by atoms with van der Waals surface area (Å²) in [6.45, 7) is 2.22. The van der Waals surface area contributed by atoms with Gasteiger partial charge in [-0.15, -0.1) is 0 Å². The molecule has 0 bridgehead atoms. The molecule has 0 radical (unpaired) electrons. The van der Waals surface area contributed by atoms with Crippen LogP contribution in [0.15, 0.2) is 0 Å². The van der Waals surface area contributed by atoms with E-state index in [0.717, 1.165) is 0 Å². The first-order chi connectivity index (χ1) is 6.61. The van der Waals surface area contributed by atoms with Crippen molar-refractivity contribution in [2.24, 2.45) is 5.73 Å². The van der Waals surface area contributed by atoms with Crippen molar-refractivity contribution in [1.82, 2.24) is 4.90 Å². The predicted molar refractivity (Wildman–Crippen MR) is 45.7 cm³/mol. The summed E-state index contributed by atoms with van der Waals surface area (Å²) in [5.41, 5.74) is 5.03. The highest BCUT2D eigenvalue weighted by atomic mass is 16.5. The minimum absolute atomic E-state index is 0.188. The molecule has 0 aliphatic carbocycles. The highest BCUT2D eigenvalue weighted by Crippen LogP contribution is 2.21. The lowest BCUT2D eigenvalue weighted by atomic mass is 10.3. The zero-order chi connectivity index (χ0) is 10.7. The van der Waals surface area contributed by atoms with E-state index in [0.29, 0.717) is 6.54 Å². The minimum atomic E-state index is -1.11. The van der Waals surface area contributed by atoms with E-state index in [9.17, 15) is 9.59 Å². The van der Waals surface area contributed by atoms with Crippen LogP contribution in [0.25, 0.3) is 0 Å². The Hall–Kier alpha value is -1.61. The Kier molecular flexibility index (Phi) is 3.04. The SMILES string of the molecule is CCOC(=O)C(C(N)=O)N1CC1C#N. The Labute approximate surface area is 81.2 Å². The monoisotopic (exact) mass is 197 g/mol. The lowest BCUT2D eigenvalue weighted by Crippen LogP contribution is -2.43. The van der Waals surface area contributed by atoms with Crippen molar-refractivity contribution in [1.29, 1.82) is 5.26 Å². The molecule has 1 rings (SSSR count). The molecule has 1 saturated heterocycles. The van der Waals surface area contributed by atoms with Gasteiger partial charge in [0, 0.05) is 6.54 Å². The number of carbonyl (C=O) groups excluding carboxylic acids is 2. The number of nitrogens with two attached hydrogens (primary N) is 1. The van der Waals surface area contributed by atoms with Crippen LogP contribution in [0.1, 0.15) is 6.92 Å². The number of nitrogens with zero attached hydrogens (tertiary/aromatic N) is 2. The number of primary amides is 1. The highest BCUT2D eigenvalue weighted by Gasteiger charge is 2.47. The van der Waals surface area contributed by atoms with Crippen LogP contribution >= 0.6 is 0 Å². The van der Waals surface area contributed by atoms with Gasteiger partial charge >= 0.3 is 5.97 Å². The van der Waals surface area contributed by atoms with E-state index in [1.54, 1.807) is 6.92 Å². The van der Waals surface area contributed by atoms with Gasteiger partial charge in [-0.3, -0.25) is 9.69 Å². The van der Waals surface area contributed by atoms with Crippen LogP contribution in [0, 0.1) is 11.3 Å². The van der Waals surface area contributed by atoms with Gasteiger partial charge in [-0.1, -0.05) is 0 Å². The average Bonchev–Trinajstić information content (AvgIpc) is 2.84. The van der Waals surface area contributed by atoms with Crippen molar-refractivity contribution in [2.45, 2.75) is 19.0 Å². The van der Waals surface area contributed by atoms with Gasteiger partial charge < -0.3 is 10.5 Å². The second-order valence-corrected chi connectivity index (χ2v) is 2.90. The highest BCUT2D eigenvalue weighted by molar-refractivity contribution is 6.01. The zero-order valence-corrected chi connectivity index (χ0v) is 7.77. The average molecular weight is 197 g/mol. The fourth-order valence-corrected chi connectivity index (χ4v) is 1.19. The number of nitriles is 1. The standard InChI is InChI=1S/C8H11N3O3/c1-2-14-8(13)6(7(10)12)11-4-5(11)3-9/h5-6H,2,4H2,1H3,(H2,10,12). The number of esters is 1. The first kappa shape index (κ1) is 10.5. The van der Waals surface area contributed by atoms with E-state index in [1.165, 1.54) is 4.90 Å². The van der Waals surface area contributed by atoms with Crippen LogP contribution in [0.3, 0.4) is 0 Å². The maximum Gasteiger partial charge on any atom is 0.333 e. The lowest BCUT2D eigenvalue weighted by molar-refractivity contribution is -0.150. The van der Waals surface area contributed by atoms with Gasteiger partial charge in [-0.25, -0.2) is 4.79 Å². The molecule has 3 atom stereocenters. The molecule has 6 heteroatoms. The molecule has 1 fully saturated rings. The molecule has 6 nitrogen and oxygen atoms in total. The molecule has 14 heavy (non-hydrogen) atoms. The smallest absolute Gasteiger partial charge is 0.333 e. The number of rotatable bonds is 4. The molecular formula is C8H11N3O3. The molecule has 1 aliphatic rings. The zero-order valence-electron chi connectivity index (χ0n) is 7.77. The molecule has 0 aromatic rings. The van der Waals surface area contributed by atoms with Crippen LogP contribution in [0.4, 0.5) is 0 Å². The third kappa shape index (κ3) is 2.00. The van der Waals surface area contributed by atoms with Crippen molar-refractivity contribution in [3.63, 3.8) is 0 Å². The first-order valence-corrected chi connectivity index (χ1v) is 4.23. The lowest BCUT2D eigenvalue weighted by Gasteiger charge is -2.12. The third-order valence-electron chi connectivity index (χ3n) is 1.91. The summed E-state index contributed by atoms with van der Waals surface area (Å²) in [6.07, 6.45) is 0. The van der Waals surface area contributed by atoms with Crippen LogP contribution in [0.2, 0.25) is 0 Å². The third-order valence-corrected chi connectivity index (χ3v) is 1.91. The van der Waals surface area contributed by atoms with E-state index in [2.05, 4.69) is 4.74 Å². The van der Waals surface area contributed by atoms with Gasteiger partial charge in [-0.05, 0) is 6.92 Å². The van der Waals surface area contributed by atoms with Crippen molar-refractivity contribution >= 4 is 11.9 Å². The maximum atomic E-state index is 11.3. The number of hydrogen-bond acceptors (Lipinski definition) is 5. The Bertz CT molecular complexity index is 297. The maximum absolute atomic E-state index is 11.3. The van der Waals surface area contributed by atoms with E-state index in [4.69, 9.17) is 11.0 Å². The van der Waals surface area contributed by atoms with Crippen LogP contribution in [0.5, 0.6) is 0 Å². The second kappa shape index (κ2) is 4.07. The number of amides is 1. The molecule has 1 aliphatic heterocycles. The summed E-state index contributed by atoms with van der Waals surface area (Å²) in [6, 6.07) is 0.428. The van der Waals surface area contributed by atoms with Gasteiger partial charge in [-0.2, -0.15) is 5.26 Å². The molecule has 0 spiro atoms. The molecule has 2 N–H and O–H groups in total. The van der Waals surface area contributed by atoms with Crippen molar-refractivity contribution in [2.75, 3.05) is 13.2 Å². The van der Waals surface area contributed by atoms with Crippen molar-refractivity contribution < 1.29 is 14.3 Å². The minimum Gasteiger partial charge on any atom is -0.464 e. The fraction of sp³-hybridized carbons (Fsp3) is 0.625. The van der Waals surface area contributed by atoms with Gasteiger partial charge in [0.2, 0.25) is 5.91 Å². The number of hydrogen-bond donors (Lipinski definition) is 1. The van der Waals surface area contributed by atoms with Crippen LogP contribution < -0.4 is 5.73 Å². The quantitative estimate of drug-likeness (QED) is 0.340. The Balaban J connectivity index is 2.63. The first-order valence-electron chi connectivity index (χ1n) is 4.23. The normalized spacial score (nSPS) is 26.0. The summed E-state index contributed by atoms with van der Waals surface area (Å²) < 4.78 is 4.67. The summed E-state index contributed by atoms with van der Waals surface area (Å²) >= 11 is 0. The summed E-state index contributed by atoms with van der Waals surface area (Å²) in [5, 5.41) is 8.52. The van der Waals surface area contributed by atoms with Gasteiger partial charge in [0.15, 0.2) is 6.04 Å². The molecule has 0 aromatic heterocycles. The van der Waals surface area contributed by atoms with Crippen LogP contribution in [-0.2, 0) is 14.3 Å². The summed E-state index contributed by atoms with van der Waals surface area (Å²) in [7, 11) is 0. The van der Waals surface area contributed by atoms with Crippen LogP contribution in [-0.4, -0.2) is 42.0 Å². The molecule has 0 aromatic carbocycles. The van der Waals surface area contributed by atoms with E-state index in [1.807, 2.05) is 6.07 Å². The molecule has 0 saturated carbocycles.